The quantitative estimate of drug-likeness (QED) is 0.357. The van der Waals surface area contributed by atoms with E-state index in [1.807, 2.05) is 54.6 Å². The molecular formula is C21H17Cl3N2O. The number of nitrogens with one attached hydrogen (secondary N) is 1. The molecule has 0 saturated heterocycles. The molecule has 0 unspecified atom stereocenters. The molecule has 0 amide bonds. The third-order valence-corrected chi connectivity index (χ3v) is 4.78. The number of para-hydroxylation sites is 1. The third kappa shape index (κ3) is 5.90. The van der Waals surface area contributed by atoms with Crippen molar-refractivity contribution in [3.63, 3.8) is 0 Å². The highest BCUT2D eigenvalue weighted by atomic mass is 35.5. The van der Waals surface area contributed by atoms with Crippen LogP contribution in [-0.4, -0.2) is 6.21 Å². The summed E-state index contributed by atoms with van der Waals surface area (Å²) in [6.07, 6.45) is 1.74. The van der Waals surface area contributed by atoms with Crippen molar-refractivity contribution in [3.8, 4) is 5.75 Å². The molecule has 0 atom stereocenters. The minimum atomic E-state index is 0.389. The lowest BCUT2D eigenvalue weighted by molar-refractivity contribution is 0.306. The molecule has 27 heavy (non-hydrogen) atoms. The van der Waals surface area contributed by atoms with Crippen LogP contribution in [0.3, 0.4) is 0 Å². The Balaban J connectivity index is 1.59. The summed E-state index contributed by atoms with van der Waals surface area (Å²) in [5.41, 5.74) is 5.94. The van der Waals surface area contributed by atoms with Gasteiger partial charge in [-0.2, -0.15) is 5.10 Å². The molecule has 3 nitrogen and oxygen atoms in total. The second-order valence-corrected chi connectivity index (χ2v) is 7.05. The van der Waals surface area contributed by atoms with Gasteiger partial charge in [0, 0.05) is 10.6 Å². The van der Waals surface area contributed by atoms with Gasteiger partial charge in [-0.3, -0.25) is 0 Å². The minimum Gasteiger partial charge on any atom is -0.488 e. The molecule has 0 aliphatic rings. The first-order chi connectivity index (χ1) is 13.1. The first kappa shape index (κ1) is 19.6. The van der Waals surface area contributed by atoms with Crippen molar-refractivity contribution in [1.29, 1.82) is 0 Å². The molecule has 0 fully saturated rings. The molecule has 138 valence electrons. The van der Waals surface area contributed by atoms with Crippen LogP contribution in [0.25, 0.3) is 0 Å². The van der Waals surface area contributed by atoms with Crippen LogP contribution in [0.15, 0.2) is 71.8 Å². The molecule has 0 aliphatic carbocycles. The predicted octanol–water partition coefficient (Wildman–Crippen LogP) is 6.35. The lowest BCUT2D eigenvalue weighted by Gasteiger charge is -2.10. The fourth-order valence-corrected chi connectivity index (χ4v) is 2.81. The molecule has 0 bridgehead atoms. The van der Waals surface area contributed by atoms with E-state index in [1.54, 1.807) is 18.3 Å². The van der Waals surface area contributed by atoms with Gasteiger partial charge in [-0.15, -0.1) is 0 Å². The zero-order chi connectivity index (χ0) is 19.1. The number of benzene rings is 3. The first-order valence-electron chi connectivity index (χ1n) is 8.28. The van der Waals surface area contributed by atoms with Gasteiger partial charge in [-0.05, 0) is 47.5 Å². The Morgan fingerprint density at radius 1 is 0.852 bits per heavy atom. The molecule has 6 heteroatoms. The molecule has 0 aromatic heterocycles. The molecular weight excluding hydrogens is 403 g/mol. The van der Waals surface area contributed by atoms with E-state index in [9.17, 15) is 0 Å². The topological polar surface area (TPSA) is 33.6 Å². The van der Waals surface area contributed by atoms with Gasteiger partial charge in [-0.25, -0.2) is 0 Å². The van der Waals surface area contributed by atoms with E-state index in [0.29, 0.717) is 23.2 Å². The lowest BCUT2D eigenvalue weighted by Crippen LogP contribution is -2.06. The number of halogens is 3. The molecule has 0 aliphatic heterocycles. The number of rotatable bonds is 7. The Labute approximate surface area is 173 Å². The van der Waals surface area contributed by atoms with E-state index in [4.69, 9.17) is 39.5 Å². The van der Waals surface area contributed by atoms with Gasteiger partial charge < -0.3 is 10.2 Å². The molecule has 1 N–H and O–H groups in total. The maximum Gasteiger partial charge on any atom is 0.128 e. The van der Waals surface area contributed by atoms with Crippen LogP contribution in [0.2, 0.25) is 15.1 Å². The van der Waals surface area contributed by atoms with Crippen LogP contribution in [0.4, 0.5) is 0 Å². The maximum absolute atomic E-state index is 6.05. The fraction of sp³-hybridized carbons (Fsp3) is 0.0952. The standard InChI is InChI=1S/C21H17Cl3N2O/c22-18-8-5-15(6-9-18)12-25-26-13-17-3-1-2-4-21(17)27-14-16-7-10-19(23)20(24)11-16/h1-11,13,25H,12,14H2/b26-13-. The van der Waals surface area contributed by atoms with E-state index < -0.39 is 0 Å². The highest BCUT2D eigenvalue weighted by Gasteiger charge is 2.04. The zero-order valence-electron chi connectivity index (χ0n) is 14.3. The summed E-state index contributed by atoms with van der Waals surface area (Å²) in [5, 5.41) is 6.03. The van der Waals surface area contributed by atoms with Crippen molar-refractivity contribution in [2.24, 2.45) is 5.10 Å². The number of nitrogens with zero attached hydrogens (tertiary/aromatic N) is 1. The Bertz CT molecular complexity index is 927. The molecule has 0 heterocycles. The Morgan fingerprint density at radius 2 is 1.59 bits per heavy atom. The van der Waals surface area contributed by atoms with Crippen LogP contribution in [0.1, 0.15) is 16.7 Å². The van der Waals surface area contributed by atoms with Crippen molar-refractivity contribution < 1.29 is 4.74 Å². The fourth-order valence-electron chi connectivity index (χ4n) is 2.36. The average Bonchev–Trinajstić information content (AvgIpc) is 2.68. The Kier molecular flexibility index (Phi) is 6.99. The number of ether oxygens (including phenoxy) is 1. The van der Waals surface area contributed by atoms with Crippen LogP contribution >= 0.6 is 34.8 Å². The van der Waals surface area contributed by atoms with Crippen LogP contribution in [0.5, 0.6) is 5.75 Å². The highest BCUT2D eigenvalue weighted by Crippen LogP contribution is 2.24. The minimum absolute atomic E-state index is 0.389. The predicted molar refractivity (Wildman–Crippen MR) is 113 cm³/mol. The second-order valence-electron chi connectivity index (χ2n) is 5.79. The maximum atomic E-state index is 6.05. The van der Waals surface area contributed by atoms with Gasteiger partial charge in [0.2, 0.25) is 0 Å². The molecule has 0 spiro atoms. The number of hydrogen-bond acceptors (Lipinski definition) is 3. The third-order valence-electron chi connectivity index (χ3n) is 3.79. The van der Waals surface area contributed by atoms with E-state index in [0.717, 1.165) is 27.5 Å². The molecule has 0 radical (unpaired) electrons. The lowest BCUT2D eigenvalue weighted by atomic mass is 10.2. The molecule has 0 saturated carbocycles. The summed E-state index contributed by atoms with van der Waals surface area (Å²) >= 11 is 17.9. The Hall–Kier alpha value is -2.20. The van der Waals surface area contributed by atoms with E-state index in [2.05, 4.69) is 10.5 Å². The van der Waals surface area contributed by atoms with Crippen molar-refractivity contribution in [1.82, 2.24) is 5.43 Å². The van der Waals surface area contributed by atoms with Crippen LogP contribution in [0, 0.1) is 0 Å². The molecule has 3 aromatic carbocycles. The van der Waals surface area contributed by atoms with Crippen molar-refractivity contribution in [3.05, 3.63) is 98.5 Å². The summed E-state index contributed by atoms with van der Waals surface area (Å²) in [7, 11) is 0. The van der Waals surface area contributed by atoms with Crippen molar-refractivity contribution in [2.75, 3.05) is 0 Å². The van der Waals surface area contributed by atoms with Gasteiger partial charge in [0.15, 0.2) is 0 Å². The van der Waals surface area contributed by atoms with E-state index in [1.165, 1.54) is 0 Å². The molecule has 3 rings (SSSR count). The zero-order valence-corrected chi connectivity index (χ0v) is 16.6. The SMILES string of the molecule is Clc1ccc(CN/N=C\c2ccccc2OCc2ccc(Cl)c(Cl)c2)cc1. The smallest absolute Gasteiger partial charge is 0.128 e. The summed E-state index contributed by atoms with van der Waals surface area (Å²) < 4.78 is 5.91. The summed E-state index contributed by atoms with van der Waals surface area (Å²) in [6.45, 7) is 1.000. The van der Waals surface area contributed by atoms with E-state index >= 15 is 0 Å². The van der Waals surface area contributed by atoms with Gasteiger partial charge in [0.25, 0.3) is 0 Å². The highest BCUT2D eigenvalue weighted by molar-refractivity contribution is 6.42. The van der Waals surface area contributed by atoms with Crippen molar-refractivity contribution in [2.45, 2.75) is 13.2 Å². The number of hydrazone groups is 1. The largest absolute Gasteiger partial charge is 0.488 e. The summed E-state index contributed by atoms with van der Waals surface area (Å²) in [4.78, 5) is 0. The average molecular weight is 420 g/mol. The van der Waals surface area contributed by atoms with Crippen molar-refractivity contribution >= 4 is 41.0 Å². The Morgan fingerprint density at radius 3 is 2.37 bits per heavy atom. The summed E-state index contributed by atoms with van der Waals surface area (Å²) in [5.74, 6) is 0.737. The number of hydrogen-bond donors (Lipinski definition) is 1. The van der Waals surface area contributed by atoms with Crippen LogP contribution < -0.4 is 10.2 Å². The summed E-state index contributed by atoms with van der Waals surface area (Å²) in [6, 6.07) is 20.8. The van der Waals surface area contributed by atoms with Gasteiger partial charge in [-0.1, -0.05) is 65.1 Å². The normalized spacial score (nSPS) is 10.9. The van der Waals surface area contributed by atoms with Gasteiger partial charge >= 0.3 is 0 Å². The van der Waals surface area contributed by atoms with Gasteiger partial charge in [0.05, 0.1) is 22.8 Å². The van der Waals surface area contributed by atoms with Crippen LogP contribution in [-0.2, 0) is 13.2 Å². The van der Waals surface area contributed by atoms with E-state index in [-0.39, 0.29) is 0 Å². The second kappa shape index (κ2) is 9.65. The van der Waals surface area contributed by atoms with Gasteiger partial charge in [0.1, 0.15) is 12.4 Å². The monoisotopic (exact) mass is 418 g/mol. The first-order valence-corrected chi connectivity index (χ1v) is 9.41. The molecule has 3 aromatic rings.